The number of anilines is 1. The van der Waals surface area contributed by atoms with Crippen LogP contribution in [0, 0.1) is 0 Å². The predicted octanol–water partition coefficient (Wildman–Crippen LogP) is 3.23. The summed E-state index contributed by atoms with van der Waals surface area (Å²) in [6.07, 6.45) is 0.258. The van der Waals surface area contributed by atoms with E-state index in [0.29, 0.717) is 12.1 Å². The van der Waals surface area contributed by atoms with Gasteiger partial charge in [-0.15, -0.1) is 0 Å². The maximum atomic E-state index is 12.1. The molecule has 0 aliphatic rings. The number of carbonyl (C=O) groups excluding carboxylic acids is 2. The van der Waals surface area contributed by atoms with Crippen molar-refractivity contribution in [2.45, 2.75) is 6.42 Å². The van der Waals surface area contributed by atoms with Gasteiger partial charge in [0.15, 0.2) is 0 Å². The number of amides is 2. The topological polar surface area (TPSA) is 49.4 Å². The second kappa shape index (κ2) is 7.75. The van der Waals surface area contributed by atoms with Gasteiger partial charge in [-0.05, 0) is 36.4 Å². The molecule has 2 amide bonds. The molecule has 0 bridgehead atoms. The van der Waals surface area contributed by atoms with Crippen molar-refractivity contribution in [2.75, 3.05) is 18.5 Å². The van der Waals surface area contributed by atoms with Crippen molar-refractivity contribution >= 4 is 33.4 Å². The van der Waals surface area contributed by atoms with Crippen molar-refractivity contribution in [3.8, 4) is 0 Å². The lowest BCUT2D eigenvalue weighted by Crippen LogP contribution is -2.32. The zero-order valence-electron chi connectivity index (χ0n) is 12.3. The van der Waals surface area contributed by atoms with Gasteiger partial charge in [-0.25, -0.2) is 0 Å². The van der Waals surface area contributed by atoms with Gasteiger partial charge in [-0.1, -0.05) is 34.1 Å². The number of hydrogen-bond acceptors (Lipinski definition) is 2. The summed E-state index contributed by atoms with van der Waals surface area (Å²) in [6.45, 7) is 0.310. The largest absolute Gasteiger partial charge is 0.352 e. The first-order valence-corrected chi connectivity index (χ1v) is 7.72. The molecule has 0 saturated carbocycles. The third kappa shape index (κ3) is 4.43. The number of nitrogens with zero attached hydrogens (tertiary/aromatic N) is 1. The van der Waals surface area contributed by atoms with Crippen LogP contribution in [0.5, 0.6) is 0 Å². The van der Waals surface area contributed by atoms with Gasteiger partial charge in [0.2, 0.25) is 5.91 Å². The summed E-state index contributed by atoms with van der Waals surface area (Å²) in [7, 11) is 1.73. The molecule has 114 valence electrons. The molecule has 0 spiro atoms. The zero-order chi connectivity index (χ0) is 15.9. The smallest absolute Gasteiger partial charge is 0.251 e. The molecule has 0 aromatic heterocycles. The van der Waals surface area contributed by atoms with Gasteiger partial charge in [0.05, 0.1) is 0 Å². The van der Waals surface area contributed by atoms with E-state index in [4.69, 9.17) is 0 Å². The van der Waals surface area contributed by atoms with Crippen molar-refractivity contribution in [1.82, 2.24) is 5.32 Å². The quantitative estimate of drug-likeness (QED) is 0.889. The first kappa shape index (κ1) is 16.2. The molecule has 4 nitrogen and oxygen atoms in total. The molecule has 2 aromatic rings. The van der Waals surface area contributed by atoms with Gasteiger partial charge in [0, 0.05) is 35.7 Å². The number of benzene rings is 2. The standard InChI is InChI=1S/C17H17BrN2O2/c1-20(15-5-3-2-4-6-15)16(21)11-12-19-17(22)13-7-9-14(18)10-8-13/h2-10H,11-12H2,1H3,(H,19,22). The van der Waals surface area contributed by atoms with E-state index in [1.165, 1.54) is 0 Å². The van der Waals surface area contributed by atoms with Gasteiger partial charge in [0.1, 0.15) is 0 Å². The molecule has 1 N–H and O–H groups in total. The first-order chi connectivity index (χ1) is 10.6. The molecule has 0 saturated heterocycles. The lowest BCUT2D eigenvalue weighted by atomic mass is 10.2. The van der Waals surface area contributed by atoms with Crippen LogP contribution < -0.4 is 10.2 Å². The summed E-state index contributed by atoms with van der Waals surface area (Å²) in [5.74, 6) is -0.218. The Balaban J connectivity index is 1.82. The molecule has 2 rings (SSSR count). The maximum absolute atomic E-state index is 12.1. The minimum Gasteiger partial charge on any atom is -0.352 e. The Labute approximate surface area is 138 Å². The van der Waals surface area contributed by atoms with E-state index >= 15 is 0 Å². The highest BCUT2D eigenvalue weighted by Crippen LogP contribution is 2.12. The Hall–Kier alpha value is -2.14. The van der Waals surface area contributed by atoms with E-state index in [2.05, 4.69) is 21.2 Å². The van der Waals surface area contributed by atoms with Crippen LogP contribution in [0.15, 0.2) is 59.1 Å². The Morgan fingerprint density at radius 2 is 1.68 bits per heavy atom. The summed E-state index contributed by atoms with van der Waals surface area (Å²) >= 11 is 3.32. The molecule has 0 radical (unpaired) electrons. The van der Waals surface area contributed by atoms with Crippen LogP contribution >= 0.6 is 15.9 Å². The maximum Gasteiger partial charge on any atom is 0.251 e. The average Bonchev–Trinajstić information content (AvgIpc) is 2.55. The van der Waals surface area contributed by atoms with Gasteiger partial charge in [0.25, 0.3) is 5.91 Å². The lowest BCUT2D eigenvalue weighted by molar-refractivity contribution is -0.118. The minimum atomic E-state index is -0.178. The van der Waals surface area contributed by atoms with E-state index < -0.39 is 0 Å². The second-order valence-electron chi connectivity index (χ2n) is 4.80. The summed E-state index contributed by atoms with van der Waals surface area (Å²) in [4.78, 5) is 25.6. The molecule has 0 unspecified atom stereocenters. The van der Waals surface area contributed by atoms with Crippen LogP contribution in [-0.4, -0.2) is 25.4 Å². The van der Waals surface area contributed by atoms with Crippen molar-refractivity contribution < 1.29 is 9.59 Å². The van der Waals surface area contributed by atoms with Crippen LogP contribution in [0.3, 0.4) is 0 Å². The molecule has 5 heteroatoms. The fourth-order valence-electron chi connectivity index (χ4n) is 1.95. The fraction of sp³-hybridized carbons (Fsp3) is 0.176. The predicted molar refractivity (Wildman–Crippen MR) is 90.9 cm³/mol. The molecule has 22 heavy (non-hydrogen) atoms. The van der Waals surface area contributed by atoms with Gasteiger partial charge < -0.3 is 10.2 Å². The lowest BCUT2D eigenvalue weighted by Gasteiger charge is -2.17. The van der Waals surface area contributed by atoms with E-state index in [0.717, 1.165) is 10.2 Å². The van der Waals surface area contributed by atoms with Gasteiger partial charge >= 0.3 is 0 Å². The van der Waals surface area contributed by atoms with Crippen LogP contribution in [-0.2, 0) is 4.79 Å². The first-order valence-electron chi connectivity index (χ1n) is 6.93. The molecule has 0 aliphatic carbocycles. The van der Waals surface area contributed by atoms with Crippen LogP contribution in [0.25, 0.3) is 0 Å². The average molecular weight is 361 g/mol. The van der Waals surface area contributed by atoms with E-state index in [1.807, 2.05) is 42.5 Å². The van der Waals surface area contributed by atoms with Crippen molar-refractivity contribution in [2.24, 2.45) is 0 Å². The fourth-order valence-corrected chi connectivity index (χ4v) is 2.21. The number of para-hydroxylation sites is 1. The molecule has 0 heterocycles. The number of carbonyl (C=O) groups is 2. The van der Waals surface area contributed by atoms with E-state index in [1.54, 1.807) is 24.1 Å². The van der Waals surface area contributed by atoms with Crippen molar-refractivity contribution in [1.29, 1.82) is 0 Å². The second-order valence-corrected chi connectivity index (χ2v) is 5.72. The highest BCUT2D eigenvalue weighted by molar-refractivity contribution is 9.10. The van der Waals surface area contributed by atoms with Crippen LogP contribution in [0.2, 0.25) is 0 Å². The third-order valence-corrected chi connectivity index (χ3v) is 3.78. The molecule has 2 aromatic carbocycles. The molecule has 0 fully saturated rings. The highest BCUT2D eigenvalue weighted by Gasteiger charge is 2.11. The summed E-state index contributed by atoms with van der Waals surface area (Å²) in [6, 6.07) is 16.5. The minimum absolute atomic E-state index is 0.0395. The number of nitrogens with one attached hydrogen (secondary N) is 1. The van der Waals surface area contributed by atoms with Crippen LogP contribution in [0.4, 0.5) is 5.69 Å². The Morgan fingerprint density at radius 1 is 1.05 bits per heavy atom. The zero-order valence-corrected chi connectivity index (χ0v) is 13.8. The van der Waals surface area contributed by atoms with Crippen molar-refractivity contribution in [3.05, 3.63) is 64.6 Å². The number of hydrogen-bond donors (Lipinski definition) is 1. The molecular weight excluding hydrogens is 344 g/mol. The van der Waals surface area contributed by atoms with E-state index in [9.17, 15) is 9.59 Å². The normalized spacial score (nSPS) is 10.1. The highest BCUT2D eigenvalue weighted by atomic mass is 79.9. The summed E-state index contributed by atoms with van der Waals surface area (Å²) in [5.41, 5.74) is 1.42. The summed E-state index contributed by atoms with van der Waals surface area (Å²) < 4.78 is 0.920. The van der Waals surface area contributed by atoms with Crippen LogP contribution in [0.1, 0.15) is 16.8 Å². The Morgan fingerprint density at radius 3 is 2.32 bits per heavy atom. The Kier molecular flexibility index (Phi) is 5.72. The third-order valence-electron chi connectivity index (χ3n) is 3.25. The number of rotatable bonds is 5. The monoisotopic (exact) mass is 360 g/mol. The van der Waals surface area contributed by atoms with Crippen molar-refractivity contribution in [3.63, 3.8) is 0 Å². The molecule has 0 aliphatic heterocycles. The number of halogens is 1. The molecule has 0 atom stereocenters. The van der Waals surface area contributed by atoms with Gasteiger partial charge in [-0.3, -0.25) is 9.59 Å². The molecular formula is C17H17BrN2O2. The Bertz CT molecular complexity index is 641. The van der Waals surface area contributed by atoms with E-state index in [-0.39, 0.29) is 18.2 Å². The SMILES string of the molecule is CN(C(=O)CCNC(=O)c1ccc(Br)cc1)c1ccccc1. The van der Waals surface area contributed by atoms with Gasteiger partial charge in [-0.2, -0.15) is 0 Å². The summed E-state index contributed by atoms with van der Waals surface area (Å²) in [5, 5.41) is 2.75.